The highest BCUT2D eigenvalue weighted by molar-refractivity contribution is 5.85. The summed E-state index contributed by atoms with van der Waals surface area (Å²) in [6.45, 7) is 0. The zero-order valence-corrected chi connectivity index (χ0v) is 11.5. The van der Waals surface area contributed by atoms with E-state index in [0.29, 0.717) is 18.0 Å². The Labute approximate surface area is 111 Å². The molecule has 0 amide bonds. The van der Waals surface area contributed by atoms with Crippen molar-refractivity contribution in [2.24, 2.45) is 5.73 Å². The van der Waals surface area contributed by atoms with Gasteiger partial charge in [-0.1, -0.05) is 30.3 Å². The van der Waals surface area contributed by atoms with Gasteiger partial charge in [0.1, 0.15) is 0 Å². The van der Waals surface area contributed by atoms with E-state index >= 15 is 0 Å². The first-order chi connectivity index (χ1) is 7.68. The van der Waals surface area contributed by atoms with Crippen molar-refractivity contribution in [1.82, 2.24) is 4.90 Å². The Morgan fingerprint density at radius 2 is 1.76 bits per heavy atom. The van der Waals surface area contributed by atoms with Crippen LogP contribution < -0.4 is 5.73 Å². The van der Waals surface area contributed by atoms with Crippen LogP contribution in [0.1, 0.15) is 30.7 Å². The second-order valence-corrected chi connectivity index (χ2v) is 5.12. The highest BCUT2D eigenvalue weighted by atomic mass is 35.5. The first-order valence-corrected chi connectivity index (χ1v) is 6.15. The molecule has 0 radical (unpaired) electrons. The van der Waals surface area contributed by atoms with Gasteiger partial charge in [-0.05, 0) is 44.8 Å². The molecule has 2 rings (SSSR count). The molecule has 96 valence electrons. The third-order valence-electron chi connectivity index (χ3n) is 3.80. The lowest BCUT2D eigenvalue weighted by molar-refractivity contribution is 0.186. The molecule has 2 nitrogen and oxygen atoms in total. The van der Waals surface area contributed by atoms with E-state index < -0.39 is 0 Å². The summed E-state index contributed by atoms with van der Waals surface area (Å²) < 4.78 is 0. The molecular formula is C14H23ClN2. The minimum Gasteiger partial charge on any atom is -0.326 e. The Morgan fingerprint density at radius 3 is 2.35 bits per heavy atom. The molecule has 1 aliphatic rings. The van der Waals surface area contributed by atoms with Crippen LogP contribution in [0.5, 0.6) is 0 Å². The molecule has 3 atom stereocenters. The molecule has 0 saturated heterocycles. The molecule has 0 heterocycles. The average molecular weight is 255 g/mol. The predicted molar refractivity (Wildman–Crippen MR) is 75.7 cm³/mol. The SMILES string of the molecule is CN(C)[C@H]1C[C@@H](c2ccccc2)CC[C@@H]1N.Cl. The van der Waals surface area contributed by atoms with E-state index in [2.05, 4.69) is 49.3 Å². The average Bonchev–Trinajstić information content (AvgIpc) is 2.30. The van der Waals surface area contributed by atoms with Crippen LogP contribution in [-0.2, 0) is 0 Å². The monoisotopic (exact) mass is 254 g/mol. The van der Waals surface area contributed by atoms with Gasteiger partial charge in [-0.2, -0.15) is 0 Å². The van der Waals surface area contributed by atoms with Gasteiger partial charge in [0.2, 0.25) is 0 Å². The van der Waals surface area contributed by atoms with Crippen LogP contribution in [0, 0.1) is 0 Å². The van der Waals surface area contributed by atoms with E-state index in [1.807, 2.05) is 0 Å². The van der Waals surface area contributed by atoms with Crippen molar-refractivity contribution >= 4 is 12.4 Å². The molecule has 3 heteroatoms. The topological polar surface area (TPSA) is 29.3 Å². The summed E-state index contributed by atoms with van der Waals surface area (Å²) in [6, 6.07) is 11.7. The maximum absolute atomic E-state index is 6.18. The quantitative estimate of drug-likeness (QED) is 0.879. The molecule has 1 aliphatic carbocycles. The zero-order valence-electron chi connectivity index (χ0n) is 10.7. The summed E-state index contributed by atoms with van der Waals surface area (Å²) in [5.74, 6) is 0.688. The summed E-state index contributed by atoms with van der Waals surface area (Å²) >= 11 is 0. The second-order valence-electron chi connectivity index (χ2n) is 5.12. The van der Waals surface area contributed by atoms with Gasteiger partial charge in [0, 0.05) is 12.1 Å². The molecule has 1 aromatic carbocycles. The van der Waals surface area contributed by atoms with Crippen molar-refractivity contribution in [3.63, 3.8) is 0 Å². The van der Waals surface area contributed by atoms with Crippen LogP contribution in [0.2, 0.25) is 0 Å². The summed E-state index contributed by atoms with van der Waals surface area (Å²) in [5, 5.41) is 0. The lowest BCUT2D eigenvalue weighted by atomic mass is 9.78. The van der Waals surface area contributed by atoms with Crippen LogP contribution in [0.4, 0.5) is 0 Å². The van der Waals surface area contributed by atoms with Crippen LogP contribution in [0.3, 0.4) is 0 Å². The van der Waals surface area contributed by atoms with Gasteiger partial charge in [0.15, 0.2) is 0 Å². The minimum absolute atomic E-state index is 0. The fraction of sp³-hybridized carbons (Fsp3) is 0.571. The first kappa shape index (κ1) is 14.5. The third-order valence-corrected chi connectivity index (χ3v) is 3.80. The molecule has 1 saturated carbocycles. The molecular weight excluding hydrogens is 232 g/mol. The van der Waals surface area contributed by atoms with Crippen molar-refractivity contribution < 1.29 is 0 Å². The number of halogens is 1. The number of hydrogen-bond donors (Lipinski definition) is 1. The Morgan fingerprint density at radius 1 is 1.12 bits per heavy atom. The first-order valence-electron chi connectivity index (χ1n) is 6.15. The molecule has 1 fully saturated rings. The van der Waals surface area contributed by atoms with Crippen molar-refractivity contribution in [3.8, 4) is 0 Å². The van der Waals surface area contributed by atoms with Gasteiger partial charge in [0.25, 0.3) is 0 Å². The summed E-state index contributed by atoms with van der Waals surface area (Å²) in [6.07, 6.45) is 3.57. The largest absolute Gasteiger partial charge is 0.326 e. The van der Waals surface area contributed by atoms with E-state index in [0.717, 1.165) is 6.42 Å². The summed E-state index contributed by atoms with van der Waals surface area (Å²) in [7, 11) is 4.27. The maximum atomic E-state index is 6.18. The Kier molecular flexibility index (Phi) is 5.44. The van der Waals surface area contributed by atoms with Crippen LogP contribution in [0.15, 0.2) is 30.3 Å². The Hall–Kier alpha value is -0.570. The number of nitrogens with two attached hydrogens (primary N) is 1. The molecule has 0 unspecified atom stereocenters. The lowest BCUT2D eigenvalue weighted by Crippen LogP contribution is -2.47. The molecule has 0 spiro atoms. The smallest absolute Gasteiger partial charge is 0.0246 e. The van der Waals surface area contributed by atoms with Crippen molar-refractivity contribution in [2.75, 3.05) is 14.1 Å². The van der Waals surface area contributed by atoms with Crippen molar-refractivity contribution in [2.45, 2.75) is 37.3 Å². The van der Waals surface area contributed by atoms with E-state index in [9.17, 15) is 0 Å². The van der Waals surface area contributed by atoms with Gasteiger partial charge in [-0.25, -0.2) is 0 Å². The van der Waals surface area contributed by atoms with E-state index in [4.69, 9.17) is 5.73 Å². The highest BCUT2D eigenvalue weighted by Crippen LogP contribution is 2.33. The van der Waals surface area contributed by atoms with Gasteiger partial charge in [-0.3, -0.25) is 0 Å². The van der Waals surface area contributed by atoms with Gasteiger partial charge >= 0.3 is 0 Å². The third kappa shape index (κ3) is 3.44. The van der Waals surface area contributed by atoms with Crippen LogP contribution in [0.25, 0.3) is 0 Å². The Balaban J connectivity index is 0.00000144. The number of benzene rings is 1. The highest BCUT2D eigenvalue weighted by Gasteiger charge is 2.29. The van der Waals surface area contributed by atoms with Crippen molar-refractivity contribution in [3.05, 3.63) is 35.9 Å². The second kappa shape index (κ2) is 6.39. The Bertz CT molecular complexity index is 326. The predicted octanol–water partition coefficient (Wildman–Crippen LogP) is 2.63. The maximum Gasteiger partial charge on any atom is 0.0246 e. The van der Waals surface area contributed by atoms with E-state index in [1.54, 1.807) is 0 Å². The summed E-state index contributed by atoms with van der Waals surface area (Å²) in [5.41, 5.74) is 7.65. The van der Waals surface area contributed by atoms with E-state index in [-0.39, 0.29) is 12.4 Å². The number of hydrogen-bond acceptors (Lipinski definition) is 2. The number of likely N-dealkylation sites (N-methyl/N-ethyl adjacent to an activating group) is 1. The fourth-order valence-corrected chi connectivity index (χ4v) is 2.79. The van der Waals surface area contributed by atoms with Crippen molar-refractivity contribution in [1.29, 1.82) is 0 Å². The van der Waals surface area contributed by atoms with Crippen LogP contribution >= 0.6 is 12.4 Å². The number of rotatable bonds is 2. The fourth-order valence-electron chi connectivity index (χ4n) is 2.79. The number of nitrogens with zero attached hydrogens (tertiary/aromatic N) is 1. The molecule has 0 bridgehead atoms. The van der Waals surface area contributed by atoms with Gasteiger partial charge < -0.3 is 10.6 Å². The molecule has 17 heavy (non-hydrogen) atoms. The van der Waals surface area contributed by atoms with Crippen LogP contribution in [-0.4, -0.2) is 31.1 Å². The van der Waals surface area contributed by atoms with Gasteiger partial charge in [0.05, 0.1) is 0 Å². The lowest BCUT2D eigenvalue weighted by Gasteiger charge is -2.38. The molecule has 0 aromatic heterocycles. The zero-order chi connectivity index (χ0) is 11.5. The normalized spacial score (nSPS) is 28.8. The standard InChI is InChI=1S/C14H22N2.ClH/c1-16(2)14-10-12(8-9-13(14)15)11-6-4-3-5-7-11;/h3-7,12-14H,8-10,15H2,1-2H3;1H/t12-,13-,14-;/m0./s1. The molecule has 2 N–H and O–H groups in total. The molecule has 1 aromatic rings. The molecule has 0 aliphatic heterocycles. The van der Waals surface area contributed by atoms with E-state index in [1.165, 1.54) is 18.4 Å². The summed E-state index contributed by atoms with van der Waals surface area (Å²) in [4.78, 5) is 2.28. The minimum atomic E-state index is 0. The van der Waals surface area contributed by atoms with Gasteiger partial charge in [-0.15, -0.1) is 12.4 Å².